The molecule has 1 aromatic heterocycles. The number of aryl methyl sites for hydroxylation is 1. The number of nitrogens with two attached hydrogens (primary N) is 1. The Kier molecular flexibility index (Phi) is 3.95. The number of fused-ring (bicyclic) bond motifs is 1. The third kappa shape index (κ3) is 2.63. The van der Waals surface area contributed by atoms with Gasteiger partial charge in [-0.2, -0.15) is 0 Å². The molecule has 22 heavy (non-hydrogen) atoms. The summed E-state index contributed by atoms with van der Waals surface area (Å²) in [7, 11) is 0. The van der Waals surface area contributed by atoms with Crippen LogP contribution in [-0.4, -0.2) is 29.8 Å². The molecule has 1 aliphatic rings. The zero-order valence-corrected chi connectivity index (χ0v) is 13.9. The van der Waals surface area contributed by atoms with Crippen LogP contribution < -0.4 is 5.73 Å². The largest absolute Gasteiger partial charge is 0.451 e. The van der Waals surface area contributed by atoms with Crippen molar-refractivity contribution in [1.29, 1.82) is 0 Å². The first-order valence-corrected chi connectivity index (χ1v) is 8.04. The average molecular weight is 365 g/mol. The number of furan rings is 1. The summed E-state index contributed by atoms with van der Waals surface area (Å²) < 4.78 is 6.68. The first kappa shape index (κ1) is 15.1. The van der Waals surface area contributed by atoms with Crippen molar-refractivity contribution >= 4 is 38.7 Å². The topological polar surface area (TPSA) is 76.5 Å². The molecule has 1 fully saturated rings. The summed E-state index contributed by atoms with van der Waals surface area (Å²) in [6, 6.07) is 5.66. The molecule has 1 unspecified atom stereocenters. The summed E-state index contributed by atoms with van der Waals surface area (Å²) in [4.78, 5) is 25.7. The zero-order chi connectivity index (χ0) is 15.9. The van der Waals surface area contributed by atoms with E-state index in [4.69, 9.17) is 10.2 Å². The zero-order valence-electron chi connectivity index (χ0n) is 12.3. The van der Waals surface area contributed by atoms with Crippen molar-refractivity contribution in [3.8, 4) is 0 Å². The number of carbonyl (C=O) groups excluding carboxylic acids is 2. The van der Waals surface area contributed by atoms with Gasteiger partial charge in [0.1, 0.15) is 5.58 Å². The highest BCUT2D eigenvalue weighted by atomic mass is 79.9. The molecule has 5 nitrogen and oxygen atoms in total. The standard InChI is InChI=1S/C16H17BrN2O3/c1-9-12-7-11(17)4-5-13(12)22-14(9)16(21)19-6-2-3-10(8-19)15(18)20/h4-5,7,10H,2-3,6,8H2,1H3,(H2,18,20). The molecule has 1 aromatic carbocycles. The van der Waals surface area contributed by atoms with Gasteiger partial charge in [0.05, 0.1) is 5.92 Å². The van der Waals surface area contributed by atoms with Crippen molar-refractivity contribution in [3.63, 3.8) is 0 Å². The molecule has 6 heteroatoms. The van der Waals surface area contributed by atoms with Crippen LogP contribution in [0.2, 0.25) is 0 Å². The molecule has 2 N–H and O–H groups in total. The maximum absolute atomic E-state index is 12.7. The molecule has 0 aliphatic carbocycles. The summed E-state index contributed by atoms with van der Waals surface area (Å²) in [5, 5.41) is 0.918. The molecule has 0 bridgehead atoms. The third-order valence-electron chi connectivity index (χ3n) is 4.20. The first-order chi connectivity index (χ1) is 10.5. The van der Waals surface area contributed by atoms with E-state index >= 15 is 0 Å². The van der Waals surface area contributed by atoms with Crippen molar-refractivity contribution in [2.75, 3.05) is 13.1 Å². The van der Waals surface area contributed by atoms with E-state index in [1.807, 2.05) is 25.1 Å². The highest BCUT2D eigenvalue weighted by molar-refractivity contribution is 9.10. The third-order valence-corrected chi connectivity index (χ3v) is 4.70. The minimum Gasteiger partial charge on any atom is -0.451 e. The molecule has 2 heterocycles. The van der Waals surface area contributed by atoms with E-state index in [-0.39, 0.29) is 17.7 Å². The molecule has 1 aliphatic heterocycles. The van der Waals surface area contributed by atoms with Crippen molar-refractivity contribution in [2.24, 2.45) is 11.7 Å². The Balaban J connectivity index is 1.92. The Morgan fingerprint density at radius 2 is 2.18 bits per heavy atom. The smallest absolute Gasteiger partial charge is 0.289 e. The molecule has 2 amide bonds. The Bertz CT molecular complexity index is 753. The number of benzene rings is 1. The molecule has 3 rings (SSSR count). The van der Waals surface area contributed by atoms with Gasteiger partial charge in [-0.15, -0.1) is 0 Å². The Morgan fingerprint density at radius 1 is 1.41 bits per heavy atom. The molecule has 2 aromatic rings. The lowest BCUT2D eigenvalue weighted by molar-refractivity contribution is -0.123. The predicted molar refractivity (Wildman–Crippen MR) is 86.5 cm³/mol. The Morgan fingerprint density at radius 3 is 2.91 bits per heavy atom. The van der Waals surface area contributed by atoms with Gasteiger partial charge in [-0.05, 0) is 38.0 Å². The molecule has 1 atom stereocenters. The molecule has 116 valence electrons. The van der Waals surface area contributed by atoms with E-state index in [1.165, 1.54) is 0 Å². The molecule has 1 saturated heterocycles. The van der Waals surface area contributed by atoms with Gasteiger partial charge in [-0.25, -0.2) is 0 Å². The summed E-state index contributed by atoms with van der Waals surface area (Å²) in [6.07, 6.45) is 1.52. The van der Waals surface area contributed by atoms with Crippen LogP contribution in [0.5, 0.6) is 0 Å². The maximum Gasteiger partial charge on any atom is 0.289 e. The number of halogens is 1. The van der Waals surface area contributed by atoms with Gasteiger partial charge in [0, 0.05) is 28.5 Å². The van der Waals surface area contributed by atoms with E-state index in [2.05, 4.69) is 15.9 Å². The van der Waals surface area contributed by atoms with Gasteiger partial charge in [0.25, 0.3) is 5.91 Å². The fraction of sp³-hybridized carbons (Fsp3) is 0.375. The van der Waals surface area contributed by atoms with E-state index in [0.29, 0.717) is 24.4 Å². The van der Waals surface area contributed by atoms with Crippen LogP contribution in [0.1, 0.15) is 29.0 Å². The minimum absolute atomic E-state index is 0.171. The van der Waals surface area contributed by atoms with Crippen LogP contribution in [0.15, 0.2) is 27.1 Å². The Labute approximate surface area is 136 Å². The number of carbonyl (C=O) groups is 2. The summed E-state index contributed by atoms with van der Waals surface area (Å²) in [5.41, 5.74) is 6.88. The molecular formula is C16H17BrN2O3. The summed E-state index contributed by atoms with van der Waals surface area (Å²) >= 11 is 3.42. The van der Waals surface area contributed by atoms with Gasteiger partial charge in [-0.3, -0.25) is 9.59 Å². The van der Waals surface area contributed by atoms with Gasteiger partial charge in [0.2, 0.25) is 5.91 Å². The SMILES string of the molecule is Cc1c(C(=O)N2CCCC(C(N)=O)C2)oc2ccc(Br)cc12. The van der Waals surface area contributed by atoms with Gasteiger partial charge in [0.15, 0.2) is 5.76 Å². The lowest BCUT2D eigenvalue weighted by atomic mass is 9.97. The van der Waals surface area contributed by atoms with Gasteiger partial charge < -0.3 is 15.1 Å². The number of piperidine rings is 1. The lowest BCUT2D eigenvalue weighted by Gasteiger charge is -2.30. The van der Waals surface area contributed by atoms with E-state index < -0.39 is 0 Å². The fourth-order valence-electron chi connectivity index (χ4n) is 2.93. The second kappa shape index (κ2) is 5.76. The van der Waals surface area contributed by atoms with E-state index in [0.717, 1.165) is 28.3 Å². The maximum atomic E-state index is 12.7. The summed E-state index contributed by atoms with van der Waals surface area (Å²) in [6.45, 7) is 2.87. The number of primary amides is 1. The molecule has 0 spiro atoms. The molecular weight excluding hydrogens is 348 g/mol. The van der Waals surface area contributed by atoms with Crippen LogP contribution in [0, 0.1) is 12.8 Å². The lowest BCUT2D eigenvalue weighted by Crippen LogP contribution is -2.44. The predicted octanol–water partition coefficient (Wildman–Crippen LogP) is 2.84. The minimum atomic E-state index is -0.345. The number of nitrogens with zero attached hydrogens (tertiary/aromatic N) is 1. The average Bonchev–Trinajstić information content (AvgIpc) is 2.83. The quantitative estimate of drug-likeness (QED) is 0.889. The van der Waals surface area contributed by atoms with Crippen LogP contribution in [0.25, 0.3) is 11.0 Å². The monoisotopic (exact) mass is 364 g/mol. The number of amides is 2. The number of rotatable bonds is 2. The second-order valence-electron chi connectivity index (χ2n) is 5.69. The molecule has 0 saturated carbocycles. The number of hydrogen-bond donors (Lipinski definition) is 1. The number of likely N-dealkylation sites (tertiary alicyclic amines) is 1. The van der Waals surface area contributed by atoms with Crippen molar-refractivity contribution in [2.45, 2.75) is 19.8 Å². The van der Waals surface area contributed by atoms with Gasteiger partial charge in [-0.1, -0.05) is 15.9 Å². The molecule has 0 radical (unpaired) electrons. The second-order valence-corrected chi connectivity index (χ2v) is 6.61. The highest BCUT2D eigenvalue weighted by Gasteiger charge is 2.30. The van der Waals surface area contributed by atoms with E-state index in [1.54, 1.807) is 4.90 Å². The highest BCUT2D eigenvalue weighted by Crippen LogP contribution is 2.29. The normalized spacial score (nSPS) is 18.6. The first-order valence-electron chi connectivity index (χ1n) is 7.24. The van der Waals surface area contributed by atoms with Crippen molar-refractivity contribution < 1.29 is 14.0 Å². The van der Waals surface area contributed by atoms with Gasteiger partial charge >= 0.3 is 0 Å². The van der Waals surface area contributed by atoms with Crippen molar-refractivity contribution in [1.82, 2.24) is 4.90 Å². The fourth-order valence-corrected chi connectivity index (χ4v) is 3.30. The Hall–Kier alpha value is -1.82. The van der Waals surface area contributed by atoms with Crippen LogP contribution in [0.4, 0.5) is 0 Å². The van der Waals surface area contributed by atoms with E-state index in [9.17, 15) is 9.59 Å². The summed E-state index contributed by atoms with van der Waals surface area (Å²) in [5.74, 6) is -0.437. The van der Waals surface area contributed by atoms with Crippen LogP contribution >= 0.6 is 15.9 Å². The van der Waals surface area contributed by atoms with Crippen LogP contribution in [-0.2, 0) is 4.79 Å². The van der Waals surface area contributed by atoms with Crippen molar-refractivity contribution in [3.05, 3.63) is 34.0 Å². The van der Waals surface area contributed by atoms with Crippen LogP contribution in [0.3, 0.4) is 0 Å². The number of hydrogen-bond acceptors (Lipinski definition) is 3.